The molecule has 0 saturated heterocycles. The summed E-state index contributed by atoms with van der Waals surface area (Å²) in [6, 6.07) is 11.7. The maximum atomic E-state index is 11.1. The van der Waals surface area contributed by atoms with E-state index in [1.807, 2.05) is 0 Å². The van der Waals surface area contributed by atoms with E-state index in [0.29, 0.717) is 18.2 Å². The van der Waals surface area contributed by atoms with Gasteiger partial charge in [0, 0.05) is 12.7 Å². The highest BCUT2D eigenvalue weighted by atomic mass is 16.4. The first-order chi connectivity index (χ1) is 9.58. The van der Waals surface area contributed by atoms with Gasteiger partial charge >= 0.3 is 5.97 Å². The minimum Gasteiger partial charge on any atom is -0.476 e. The van der Waals surface area contributed by atoms with Crippen molar-refractivity contribution < 1.29 is 9.90 Å². The average molecular weight is 270 g/mol. The lowest BCUT2D eigenvalue weighted by Crippen LogP contribution is -2.08. The van der Waals surface area contributed by atoms with Crippen molar-refractivity contribution in [3.05, 3.63) is 59.4 Å². The summed E-state index contributed by atoms with van der Waals surface area (Å²) in [7, 11) is 0. The van der Waals surface area contributed by atoms with Gasteiger partial charge in [0.25, 0.3) is 0 Å². The molecule has 20 heavy (non-hydrogen) atoms. The topological polar surface area (TPSA) is 62.2 Å². The van der Waals surface area contributed by atoms with Gasteiger partial charge in [-0.1, -0.05) is 38.1 Å². The van der Waals surface area contributed by atoms with Gasteiger partial charge in [0.05, 0.1) is 5.69 Å². The van der Waals surface area contributed by atoms with E-state index >= 15 is 0 Å². The number of carboxylic acid groups (broad SMARTS) is 1. The standard InChI is InChI=1S/C16H18N2O2/c1-11(2)13-7-5-12(6-8-13)10-18-14-4-3-9-17-15(14)16(19)20/h3-9,11,18H,10H2,1-2H3,(H,19,20). The molecule has 0 fully saturated rings. The summed E-state index contributed by atoms with van der Waals surface area (Å²) in [5.74, 6) is -0.516. The van der Waals surface area contributed by atoms with Crippen LogP contribution in [0.4, 0.5) is 5.69 Å². The van der Waals surface area contributed by atoms with Crippen LogP contribution < -0.4 is 5.32 Å². The molecule has 0 radical (unpaired) electrons. The van der Waals surface area contributed by atoms with E-state index in [-0.39, 0.29) is 5.69 Å². The monoisotopic (exact) mass is 270 g/mol. The molecule has 0 amide bonds. The highest BCUT2D eigenvalue weighted by molar-refractivity contribution is 5.91. The third kappa shape index (κ3) is 3.35. The second-order valence-electron chi connectivity index (χ2n) is 4.95. The van der Waals surface area contributed by atoms with Gasteiger partial charge in [-0.2, -0.15) is 0 Å². The van der Waals surface area contributed by atoms with Crippen LogP contribution in [-0.4, -0.2) is 16.1 Å². The number of benzene rings is 1. The Morgan fingerprint density at radius 1 is 1.25 bits per heavy atom. The maximum Gasteiger partial charge on any atom is 0.356 e. The molecule has 2 rings (SSSR count). The molecular formula is C16H18N2O2. The van der Waals surface area contributed by atoms with E-state index < -0.39 is 5.97 Å². The number of carbonyl (C=O) groups is 1. The Morgan fingerprint density at radius 2 is 1.95 bits per heavy atom. The summed E-state index contributed by atoms with van der Waals surface area (Å²) >= 11 is 0. The SMILES string of the molecule is CC(C)c1ccc(CNc2cccnc2C(=O)O)cc1. The first kappa shape index (κ1) is 14.1. The van der Waals surface area contributed by atoms with Crippen molar-refractivity contribution in [2.45, 2.75) is 26.3 Å². The lowest BCUT2D eigenvalue weighted by molar-refractivity contribution is 0.0691. The normalized spacial score (nSPS) is 10.6. The molecule has 0 bridgehead atoms. The Hall–Kier alpha value is -2.36. The van der Waals surface area contributed by atoms with Gasteiger partial charge in [0.1, 0.15) is 0 Å². The Balaban J connectivity index is 2.07. The molecule has 0 atom stereocenters. The minimum atomic E-state index is -1.02. The molecule has 104 valence electrons. The smallest absolute Gasteiger partial charge is 0.356 e. The first-order valence-corrected chi connectivity index (χ1v) is 6.59. The highest BCUT2D eigenvalue weighted by Crippen LogP contribution is 2.17. The van der Waals surface area contributed by atoms with Gasteiger partial charge in [-0.3, -0.25) is 0 Å². The number of hydrogen-bond acceptors (Lipinski definition) is 3. The van der Waals surface area contributed by atoms with Crippen LogP contribution in [0.3, 0.4) is 0 Å². The molecular weight excluding hydrogens is 252 g/mol. The van der Waals surface area contributed by atoms with E-state index in [0.717, 1.165) is 5.56 Å². The fourth-order valence-corrected chi connectivity index (χ4v) is 1.94. The van der Waals surface area contributed by atoms with Crippen molar-refractivity contribution in [2.24, 2.45) is 0 Å². The Bertz CT molecular complexity index is 592. The molecule has 4 nitrogen and oxygen atoms in total. The second kappa shape index (κ2) is 6.19. The molecule has 4 heteroatoms. The number of carboxylic acids is 1. The zero-order valence-corrected chi connectivity index (χ0v) is 11.6. The maximum absolute atomic E-state index is 11.1. The van der Waals surface area contributed by atoms with Crippen LogP contribution in [-0.2, 0) is 6.54 Å². The fraction of sp³-hybridized carbons (Fsp3) is 0.250. The predicted octanol–water partition coefficient (Wildman–Crippen LogP) is 3.52. The van der Waals surface area contributed by atoms with Crippen LogP contribution >= 0.6 is 0 Å². The van der Waals surface area contributed by atoms with Crippen LogP contribution in [0.1, 0.15) is 41.4 Å². The van der Waals surface area contributed by atoms with Crippen LogP contribution in [0.25, 0.3) is 0 Å². The molecule has 0 aliphatic rings. The number of hydrogen-bond donors (Lipinski definition) is 2. The van der Waals surface area contributed by atoms with E-state index in [2.05, 4.69) is 48.4 Å². The molecule has 0 spiro atoms. The average Bonchev–Trinajstić information content (AvgIpc) is 2.45. The van der Waals surface area contributed by atoms with Crippen LogP contribution in [0.5, 0.6) is 0 Å². The van der Waals surface area contributed by atoms with Crippen LogP contribution in [0.2, 0.25) is 0 Å². The summed E-state index contributed by atoms with van der Waals surface area (Å²) in [5, 5.41) is 12.2. The van der Waals surface area contributed by atoms with Crippen molar-refractivity contribution in [1.29, 1.82) is 0 Å². The Labute approximate surface area is 118 Å². The summed E-state index contributed by atoms with van der Waals surface area (Å²) < 4.78 is 0. The van der Waals surface area contributed by atoms with Crippen molar-refractivity contribution in [3.8, 4) is 0 Å². The number of rotatable bonds is 5. The molecule has 0 saturated carbocycles. The molecule has 0 aliphatic carbocycles. The van der Waals surface area contributed by atoms with Gasteiger partial charge < -0.3 is 10.4 Å². The highest BCUT2D eigenvalue weighted by Gasteiger charge is 2.10. The minimum absolute atomic E-state index is 0.0475. The first-order valence-electron chi connectivity index (χ1n) is 6.59. The molecule has 2 aromatic rings. The summed E-state index contributed by atoms with van der Waals surface area (Å²) in [6.45, 7) is 4.88. The quantitative estimate of drug-likeness (QED) is 0.872. The number of nitrogens with one attached hydrogen (secondary N) is 1. The largest absolute Gasteiger partial charge is 0.476 e. The van der Waals surface area contributed by atoms with Crippen molar-refractivity contribution in [2.75, 3.05) is 5.32 Å². The molecule has 1 heterocycles. The van der Waals surface area contributed by atoms with Gasteiger partial charge in [0.2, 0.25) is 0 Å². The fourth-order valence-electron chi connectivity index (χ4n) is 1.94. The Morgan fingerprint density at radius 3 is 2.55 bits per heavy atom. The van der Waals surface area contributed by atoms with Crippen LogP contribution in [0.15, 0.2) is 42.6 Å². The van der Waals surface area contributed by atoms with Crippen molar-refractivity contribution in [1.82, 2.24) is 4.98 Å². The third-order valence-corrected chi connectivity index (χ3v) is 3.14. The van der Waals surface area contributed by atoms with Gasteiger partial charge in [-0.05, 0) is 29.2 Å². The molecule has 0 unspecified atom stereocenters. The molecule has 0 aliphatic heterocycles. The summed E-state index contributed by atoms with van der Waals surface area (Å²) in [4.78, 5) is 14.9. The lowest BCUT2D eigenvalue weighted by atomic mass is 10.0. The van der Waals surface area contributed by atoms with Crippen molar-refractivity contribution >= 4 is 11.7 Å². The second-order valence-corrected chi connectivity index (χ2v) is 4.95. The zero-order chi connectivity index (χ0) is 14.5. The van der Waals surface area contributed by atoms with E-state index in [4.69, 9.17) is 5.11 Å². The number of aromatic carboxylic acids is 1. The van der Waals surface area contributed by atoms with Crippen molar-refractivity contribution in [3.63, 3.8) is 0 Å². The third-order valence-electron chi connectivity index (χ3n) is 3.14. The summed E-state index contributed by atoms with van der Waals surface area (Å²) in [5.41, 5.74) is 2.98. The van der Waals surface area contributed by atoms with E-state index in [1.54, 1.807) is 12.1 Å². The number of pyridine rings is 1. The van der Waals surface area contributed by atoms with Crippen LogP contribution in [0, 0.1) is 0 Å². The number of nitrogens with zero attached hydrogens (tertiary/aromatic N) is 1. The molecule has 1 aromatic heterocycles. The molecule has 1 aromatic carbocycles. The predicted molar refractivity (Wildman–Crippen MR) is 79.1 cm³/mol. The summed E-state index contributed by atoms with van der Waals surface area (Å²) in [6.07, 6.45) is 1.48. The zero-order valence-electron chi connectivity index (χ0n) is 11.6. The Kier molecular flexibility index (Phi) is 4.35. The van der Waals surface area contributed by atoms with Gasteiger partial charge in [0.15, 0.2) is 5.69 Å². The van der Waals surface area contributed by atoms with E-state index in [1.165, 1.54) is 11.8 Å². The number of aromatic nitrogens is 1. The van der Waals surface area contributed by atoms with Gasteiger partial charge in [-0.25, -0.2) is 9.78 Å². The molecule has 2 N–H and O–H groups in total. The van der Waals surface area contributed by atoms with E-state index in [9.17, 15) is 4.79 Å². The lowest BCUT2D eigenvalue weighted by Gasteiger charge is -2.10. The number of anilines is 1. The van der Waals surface area contributed by atoms with Gasteiger partial charge in [-0.15, -0.1) is 0 Å².